The summed E-state index contributed by atoms with van der Waals surface area (Å²) < 4.78 is 4.54. The van der Waals surface area contributed by atoms with E-state index in [0.29, 0.717) is 12.0 Å². The van der Waals surface area contributed by atoms with Gasteiger partial charge in [-0.2, -0.15) is 0 Å². The quantitative estimate of drug-likeness (QED) is 0.399. The summed E-state index contributed by atoms with van der Waals surface area (Å²) >= 11 is 0. The van der Waals surface area contributed by atoms with E-state index in [1.54, 1.807) is 24.3 Å². The number of nitrogens with zero attached hydrogens (tertiary/aromatic N) is 1. The zero-order chi connectivity index (χ0) is 11.1. The summed E-state index contributed by atoms with van der Waals surface area (Å²) in [4.78, 5) is 24.1. The highest BCUT2D eigenvalue weighted by atomic mass is 16.9. The Labute approximate surface area is 85.5 Å². The molecule has 0 fully saturated rings. The van der Waals surface area contributed by atoms with E-state index >= 15 is 0 Å². The van der Waals surface area contributed by atoms with Crippen LogP contribution in [0.25, 0.3) is 0 Å². The summed E-state index contributed by atoms with van der Waals surface area (Å²) in [6.07, 6.45) is 0. The van der Waals surface area contributed by atoms with Crippen LogP contribution >= 0.6 is 0 Å². The molecule has 6 heteroatoms. The van der Waals surface area contributed by atoms with Crippen LogP contribution in [-0.4, -0.2) is 11.6 Å². The molecule has 0 aromatic heterocycles. The fraction of sp³-hybridized carbons (Fsp3) is 0.222. The van der Waals surface area contributed by atoms with E-state index in [9.17, 15) is 14.9 Å². The maximum absolute atomic E-state index is 9.94. The minimum atomic E-state index is -0.853. The van der Waals surface area contributed by atoms with Gasteiger partial charge in [-0.25, -0.2) is 0 Å². The highest BCUT2D eigenvalue weighted by Gasteiger charge is 1.99. The van der Waals surface area contributed by atoms with Crippen LogP contribution in [0.5, 0.6) is 0 Å². The van der Waals surface area contributed by atoms with Crippen molar-refractivity contribution in [1.29, 1.82) is 0 Å². The third-order valence-corrected chi connectivity index (χ3v) is 1.65. The van der Waals surface area contributed by atoms with Crippen LogP contribution in [0.4, 0.5) is 0 Å². The SMILES string of the molecule is O=COCc1cccc(CO[N+](=O)[O-])c1. The summed E-state index contributed by atoms with van der Waals surface area (Å²) in [7, 11) is 0. The molecular formula is C9H9NO5. The third-order valence-electron chi connectivity index (χ3n) is 1.65. The Morgan fingerprint density at radius 3 is 2.60 bits per heavy atom. The van der Waals surface area contributed by atoms with Gasteiger partial charge < -0.3 is 9.57 Å². The number of ether oxygens (including phenoxy) is 1. The molecule has 0 radical (unpaired) electrons. The van der Waals surface area contributed by atoms with Gasteiger partial charge in [0.15, 0.2) is 0 Å². The van der Waals surface area contributed by atoms with Crippen LogP contribution in [0.1, 0.15) is 11.1 Å². The fourth-order valence-electron chi connectivity index (χ4n) is 1.07. The van der Waals surface area contributed by atoms with Crippen molar-refractivity contribution in [3.63, 3.8) is 0 Å². The van der Waals surface area contributed by atoms with Gasteiger partial charge in [0, 0.05) is 0 Å². The lowest BCUT2D eigenvalue weighted by molar-refractivity contribution is -0.763. The molecule has 1 rings (SSSR count). The van der Waals surface area contributed by atoms with Crippen LogP contribution in [-0.2, 0) is 27.6 Å². The monoisotopic (exact) mass is 211 g/mol. The smallest absolute Gasteiger partial charge is 0.294 e. The van der Waals surface area contributed by atoms with Gasteiger partial charge in [0.2, 0.25) is 0 Å². The first-order chi connectivity index (χ1) is 7.22. The normalized spacial score (nSPS) is 9.33. The summed E-state index contributed by atoms with van der Waals surface area (Å²) in [6.45, 7) is 0.387. The molecule has 0 heterocycles. The standard InChI is InChI=1S/C9H9NO5/c11-7-14-5-8-2-1-3-9(4-8)6-15-10(12)13/h1-4,7H,5-6H2. The Balaban J connectivity index is 2.57. The molecule has 0 unspecified atom stereocenters. The van der Waals surface area contributed by atoms with Crippen molar-refractivity contribution in [3.8, 4) is 0 Å². The third kappa shape index (κ3) is 4.08. The Hall–Kier alpha value is -2.11. The zero-order valence-electron chi connectivity index (χ0n) is 7.79. The number of carbonyl (C=O) groups excluding carboxylic acids is 1. The predicted octanol–water partition coefficient (Wildman–Crippen LogP) is 1.07. The van der Waals surface area contributed by atoms with Crippen LogP contribution in [0.2, 0.25) is 0 Å². The van der Waals surface area contributed by atoms with Crippen molar-refractivity contribution < 1.29 is 19.5 Å². The molecule has 0 bridgehead atoms. The van der Waals surface area contributed by atoms with Gasteiger partial charge in [0.25, 0.3) is 11.6 Å². The van der Waals surface area contributed by atoms with E-state index in [4.69, 9.17) is 0 Å². The number of hydrogen-bond donors (Lipinski definition) is 0. The van der Waals surface area contributed by atoms with E-state index < -0.39 is 5.09 Å². The first kappa shape index (κ1) is 11.0. The number of carbonyl (C=O) groups is 1. The molecule has 15 heavy (non-hydrogen) atoms. The van der Waals surface area contributed by atoms with E-state index in [2.05, 4.69) is 9.57 Å². The molecule has 0 atom stereocenters. The number of benzene rings is 1. The largest absolute Gasteiger partial charge is 0.463 e. The minimum absolute atomic E-state index is 0.109. The average molecular weight is 211 g/mol. The highest BCUT2D eigenvalue weighted by molar-refractivity contribution is 5.37. The molecule has 80 valence electrons. The molecular weight excluding hydrogens is 202 g/mol. The predicted molar refractivity (Wildman–Crippen MR) is 49.1 cm³/mol. The Morgan fingerprint density at radius 2 is 2.00 bits per heavy atom. The first-order valence-corrected chi connectivity index (χ1v) is 4.12. The maximum atomic E-state index is 9.94. The molecule has 0 saturated heterocycles. The number of hydrogen-bond acceptors (Lipinski definition) is 5. The first-order valence-electron chi connectivity index (χ1n) is 4.12. The lowest BCUT2D eigenvalue weighted by Gasteiger charge is -2.03. The summed E-state index contributed by atoms with van der Waals surface area (Å²) in [5.74, 6) is 0. The molecule has 0 spiro atoms. The Bertz CT molecular complexity index is 352. The van der Waals surface area contributed by atoms with Gasteiger partial charge in [-0.1, -0.05) is 24.3 Å². The molecule has 0 saturated carbocycles. The van der Waals surface area contributed by atoms with Gasteiger partial charge in [-0.15, -0.1) is 10.1 Å². The highest BCUT2D eigenvalue weighted by Crippen LogP contribution is 2.07. The lowest BCUT2D eigenvalue weighted by atomic mass is 10.1. The van der Waals surface area contributed by atoms with Crippen LogP contribution in [0.3, 0.4) is 0 Å². The second-order valence-corrected chi connectivity index (χ2v) is 2.72. The second kappa shape index (κ2) is 5.58. The van der Waals surface area contributed by atoms with Gasteiger partial charge in [0.1, 0.15) is 13.2 Å². The molecule has 0 aliphatic carbocycles. The molecule has 6 nitrogen and oxygen atoms in total. The Kier molecular flexibility index (Phi) is 4.08. The summed E-state index contributed by atoms with van der Waals surface area (Å²) in [5, 5.41) is 9.09. The van der Waals surface area contributed by atoms with Crippen molar-refractivity contribution in [2.45, 2.75) is 13.2 Å². The number of rotatable bonds is 6. The van der Waals surface area contributed by atoms with Crippen molar-refractivity contribution in [3.05, 3.63) is 45.5 Å². The van der Waals surface area contributed by atoms with Gasteiger partial charge in [-0.05, 0) is 11.1 Å². The molecule has 1 aromatic carbocycles. The minimum Gasteiger partial charge on any atom is -0.463 e. The van der Waals surface area contributed by atoms with Crippen molar-refractivity contribution >= 4 is 6.47 Å². The summed E-state index contributed by atoms with van der Waals surface area (Å²) in [6, 6.07) is 6.82. The maximum Gasteiger partial charge on any atom is 0.294 e. The van der Waals surface area contributed by atoms with Crippen LogP contribution in [0.15, 0.2) is 24.3 Å². The lowest BCUT2D eigenvalue weighted by Crippen LogP contribution is -2.01. The van der Waals surface area contributed by atoms with E-state index in [1.807, 2.05) is 0 Å². The van der Waals surface area contributed by atoms with Crippen LogP contribution in [0, 0.1) is 10.1 Å². The van der Waals surface area contributed by atoms with E-state index in [0.717, 1.165) is 5.56 Å². The van der Waals surface area contributed by atoms with Gasteiger partial charge >= 0.3 is 0 Å². The topological polar surface area (TPSA) is 78.7 Å². The van der Waals surface area contributed by atoms with E-state index in [-0.39, 0.29) is 13.2 Å². The van der Waals surface area contributed by atoms with Gasteiger partial charge in [0.05, 0.1) is 0 Å². The van der Waals surface area contributed by atoms with Crippen molar-refractivity contribution in [1.82, 2.24) is 0 Å². The molecule has 1 aromatic rings. The molecule has 0 N–H and O–H groups in total. The van der Waals surface area contributed by atoms with Crippen molar-refractivity contribution in [2.75, 3.05) is 0 Å². The molecule has 0 amide bonds. The van der Waals surface area contributed by atoms with Crippen molar-refractivity contribution in [2.24, 2.45) is 0 Å². The van der Waals surface area contributed by atoms with E-state index in [1.165, 1.54) is 0 Å². The fourth-order valence-corrected chi connectivity index (χ4v) is 1.07. The Morgan fingerprint density at radius 1 is 1.33 bits per heavy atom. The molecule has 0 aliphatic heterocycles. The zero-order valence-corrected chi connectivity index (χ0v) is 7.79. The second-order valence-electron chi connectivity index (χ2n) is 2.72. The summed E-state index contributed by atoms with van der Waals surface area (Å²) in [5.41, 5.74) is 1.41. The van der Waals surface area contributed by atoms with Gasteiger partial charge in [-0.3, -0.25) is 4.79 Å². The molecule has 0 aliphatic rings. The van der Waals surface area contributed by atoms with Crippen LogP contribution < -0.4 is 0 Å². The average Bonchev–Trinajstić information content (AvgIpc) is 2.24.